The summed E-state index contributed by atoms with van der Waals surface area (Å²) in [6.07, 6.45) is 15.6. The number of unbranched alkanes of at least 4 members (excludes halogenated alkanes) is 1. The van der Waals surface area contributed by atoms with Crippen LogP contribution in [0.1, 0.15) is 19.8 Å². The number of hydrogen-bond donors (Lipinski definition) is 0. The van der Waals surface area contributed by atoms with Gasteiger partial charge in [0.25, 0.3) is 0 Å². The van der Waals surface area contributed by atoms with Crippen LogP contribution >= 0.6 is 0 Å². The molecule has 86 valence electrons. The fourth-order valence-electron chi connectivity index (χ4n) is 0.941. The molecule has 1 nitrogen and oxygen atoms in total. The average molecular weight is 216 g/mol. The molecule has 0 N–H and O–H groups in total. The highest BCUT2D eigenvalue weighted by molar-refractivity contribution is 5.17. The van der Waals surface area contributed by atoms with Crippen LogP contribution in [0.25, 0.3) is 0 Å². The van der Waals surface area contributed by atoms with Crippen molar-refractivity contribution < 1.29 is 4.74 Å². The number of allylic oxidation sites excluding steroid dienone is 7. The molecule has 0 spiro atoms. The Hall–Kier alpha value is -1.76. The SMILES string of the molecule is C=CC(=C)OC(=C)/C=C\C=C/CC/C=C\C. The Morgan fingerprint density at radius 2 is 1.75 bits per heavy atom. The summed E-state index contributed by atoms with van der Waals surface area (Å²) in [6.45, 7) is 12.9. The topological polar surface area (TPSA) is 9.23 Å². The van der Waals surface area contributed by atoms with Crippen molar-refractivity contribution >= 4 is 0 Å². The van der Waals surface area contributed by atoms with Crippen molar-refractivity contribution in [1.29, 1.82) is 0 Å². The van der Waals surface area contributed by atoms with Crippen LogP contribution in [0.2, 0.25) is 0 Å². The lowest BCUT2D eigenvalue weighted by molar-refractivity contribution is 0.340. The van der Waals surface area contributed by atoms with E-state index < -0.39 is 0 Å². The van der Waals surface area contributed by atoms with Crippen molar-refractivity contribution in [3.8, 4) is 0 Å². The highest BCUT2D eigenvalue weighted by atomic mass is 16.5. The summed E-state index contributed by atoms with van der Waals surface area (Å²) in [5.74, 6) is 1.06. The van der Waals surface area contributed by atoms with Gasteiger partial charge in [0.1, 0.15) is 11.5 Å². The van der Waals surface area contributed by atoms with E-state index in [1.807, 2.05) is 19.1 Å². The quantitative estimate of drug-likeness (QED) is 0.247. The van der Waals surface area contributed by atoms with Gasteiger partial charge in [-0.05, 0) is 31.9 Å². The van der Waals surface area contributed by atoms with Gasteiger partial charge in [0, 0.05) is 0 Å². The standard InChI is InChI=1S/C15H20O/c1-5-7-8-9-10-11-12-13-15(4)16-14(3)6-2/h5-7,10-13H,2-4,8-9H2,1H3/b7-5-,11-10-,13-12-. The van der Waals surface area contributed by atoms with Gasteiger partial charge < -0.3 is 4.74 Å². The Labute approximate surface area is 98.8 Å². The van der Waals surface area contributed by atoms with E-state index in [4.69, 9.17) is 4.74 Å². The van der Waals surface area contributed by atoms with Crippen LogP contribution in [0.4, 0.5) is 0 Å². The van der Waals surface area contributed by atoms with E-state index in [1.165, 1.54) is 0 Å². The molecule has 0 aromatic heterocycles. The van der Waals surface area contributed by atoms with Crippen molar-refractivity contribution in [2.75, 3.05) is 0 Å². The van der Waals surface area contributed by atoms with Gasteiger partial charge in [0.15, 0.2) is 0 Å². The fraction of sp³-hybridized carbons (Fsp3) is 0.200. The van der Waals surface area contributed by atoms with Gasteiger partial charge in [-0.3, -0.25) is 0 Å². The van der Waals surface area contributed by atoms with E-state index in [-0.39, 0.29) is 0 Å². The van der Waals surface area contributed by atoms with Crippen molar-refractivity contribution in [2.45, 2.75) is 19.8 Å². The molecule has 0 amide bonds. The van der Waals surface area contributed by atoms with Crippen molar-refractivity contribution in [2.24, 2.45) is 0 Å². The first kappa shape index (κ1) is 14.2. The van der Waals surface area contributed by atoms with E-state index in [0.29, 0.717) is 11.5 Å². The van der Waals surface area contributed by atoms with Crippen molar-refractivity contribution in [3.05, 3.63) is 73.8 Å². The van der Waals surface area contributed by atoms with Crippen LogP contribution in [0.3, 0.4) is 0 Å². The lowest BCUT2D eigenvalue weighted by atomic mass is 10.2. The highest BCUT2D eigenvalue weighted by Gasteiger charge is 1.88. The number of hydrogen-bond acceptors (Lipinski definition) is 1. The second-order valence-electron chi connectivity index (χ2n) is 3.17. The molecule has 1 heteroatoms. The third kappa shape index (κ3) is 8.82. The minimum absolute atomic E-state index is 0.506. The van der Waals surface area contributed by atoms with Crippen LogP contribution in [-0.2, 0) is 4.74 Å². The first-order chi connectivity index (χ1) is 7.70. The van der Waals surface area contributed by atoms with Gasteiger partial charge in [0.2, 0.25) is 0 Å². The molecule has 0 atom stereocenters. The van der Waals surface area contributed by atoms with Crippen molar-refractivity contribution in [1.82, 2.24) is 0 Å². The first-order valence-electron chi connectivity index (χ1n) is 5.33. The summed E-state index contributed by atoms with van der Waals surface area (Å²) in [5.41, 5.74) is 0. The van der Waals surface area contributed by atoms with Crippen LogP contribution in [-0.4, -0.2) is 0 Å². The Balaban J connectivity index is 3.78. The van der Waals surface area contributed by atoms with Crippen LogP contribution in [0.5, 0.6) is 0 Å². The van der Waals surface area contributed by atoms with Gasteiger partial charge in [-0.25, -0.2) is 0 Å². The smallest absolute Gasteiger partial charge is 0.120 e. The van der Waals surface area contributed by atoms with Gasteiger partial charge in [0.05, 0.1) is 0 Å². The summed E-state index contributed by atoms with van der Waals surface area (Å²) >= 11 is 0. The molecule has 0 radical (unpaired) electrons. The molecule has 0 aliphatic heterocycles. The van der Waals surface area contributed by atoms with Crippen LogP contribution < -0.4 is 0 Å². The molecule has 16 heavy (non-hydrogen) atoms. The number of ether oxygens (including phenoxy) is 1. The van der Waals surface area contributed by atoms with E-state index >= 15 is 0 Å². The monoisotopic (exact) mass is 216 g/mol. The average Bonchev–Trinajstić information content (AvgIpc) is 2.27. The second kappa shape index (κ2) is 9.78. The minimum atomic E-state index is 0.506. The third-order valence-corrected chi connectivity index (χ3v) is 1.75. The largest absolute Gasteiger partial charge is 0.459 e. The Morgan fingerprint density at radius 1 is 1.06 bits per heavy atom. The molecule has 0 heterocycles. The molecule has 0 aromatic carbocycles. The van der Waals surface area contributed by atoms with E-state index in [9.17, 15) is 0 Å². The maximum absolute atomic E-state index is 5.21. The lowest BCUT2D eigenvalue weighted by Gasteiger charge is -2.02. The van der Waals surface area contributed by atoms with Crippen LogP contribution in [0.15, 0.2) is 73.8 Å². The van der Waals surface area contributed by atoms with Gasteiger partial charge >= 0.3 is 0 Å². The zero-order valence-electron chi connectivity index (χ0n) is 9.99. The maximum Gasteiger partial charge on any atom is 0.120 e. The second-order valence-corrected chi connectivity index (χ2v) is 3.17. The number of rotatable bonds is 8. The van der Waals surface area contributed by atoms with Gasteiger partial charge in [-0.1, -0.05) is 50.1 Å². The minimum Gasteiger partial charge on any atom is -0.459 e. The fourth-order valence-corrected chi connectivity index (χ4v) is 0.941. The molecule has 0 saturated heterocycles. The zero-order valence-corrected chi connectivity index (χ0v) is 9.99. The van der Waals surface area contributed by atoms with E-state index in [0.717, 1.165) is 12.8 Å². The Kier molecular flexibility index (Phi) is 8.71. The normalized spacial score (nSPS) is 11.3. The van der Waals surface area contributed by atoms with Gasteiger partial charge in [-0.2, -0.15) is 0 Å². The zero-order chi connectivity index (χ0) is 12.2. The predicted molar refractivity (Wildman–Crippen MR) is 71.9 cm³/mol. The molecule has 0 unspecified atom stereocenters. The maximum atomic E-state index is 5.21. The molecule has 0 aliphatic rings. The molecular weight excluding hydrogens is 196 g/mol. The summed E-state index contributed by atoms with van der Waals surface area (Å²) < 4.78 is 5.21. The summed E-state index contributed by atoms with van der Waals surface area (Å²) in [5, 5.41) is 0. The molecule has 0 aromatic rings. The highest BCUT2D eigenvalue weighted by Crippen LogP contribution is 2.04. The van der Waals surface area contributed by atoms with Gasteiger partial charge in [-0.15, -0.1) is 0 Å². The van der Waals surface area contributed by atoms with E-state index in [2.05, 4.69) is 38.0 Å². The van der Waals surface area contributed by atoms with Crippen molar-refractivity contribution in [3.63, 3.8) is 0 Å². The molecular formula is C15H20O. The first-order valence-corrected chi connectivity index (χ1v) is 5.33. The van der Waals surface area contributed by atoms with Crippen LogP contribution in [0, 0.1) is 0 Å². The summed E-state index contributed by atoms with van der Waals surface area (Å²) in [4.78, 5) is 0. The summed E-state index contributed by atoms with van der Waals surface area (Å²) in [6, 6.07) is 0. The lowest BCUT2D eigenvalue weighted by Crippen LogP contribution is -1.83. The molecule has 0 saturated carbocycles. The third-order valence-electron chi connectivity index (χ3n) is 1.75. The Bertz CT molecular complexity index is 316. The summed E-state index contributed by atoms with van der Waals surface area (Å²) in [7, 11) is 0. The molecule has 0 aliphatic carbocycles. The predicted octanol–water partition coefficient (Wildman–Crippen LogP) is 4.69. The van der Waals surface area contributed by atoms with E-state index in [1.54, 1.807) is 12.2 Å². The Morgan fingerprint density at radius 3 is 2.38 bits per heavy atom. The molecule has 0 rings (SSSR count). The molecule has 0 fully saturated rings. The molecule has 0 bridgehead atoms.